The van der Waals surface area contributed by atoms with Crippen LogP contribution in [0.15, 0.2) is 18.2 Å². The zero-order valence-corrected chi connectivity index (χ0v) is 12.6. The maximum absolute atomic E-state index is 5.91. The fraction of sp³-hybridized carbons (Fsp3) is 0.600. The lowest BCUT2D eigenvalue weighted by molar-refractivity contribution is 0.139. The minimum absolute atomic E-state index is 0.233. The molecular formula is C15H23ClN2. The van der Waals surface area contributed by atoms with Gasteiger partial charge in [-0.1, -0.05) is 6.07 Å². The molecule has 18 heavy (non-hydrogen) atoms. The van der Waals surface area contributed by atoms with Gasteiger partial charge in [-0.05, 0) is 51.1 Å². The highest BCUT2D eigenvalue weighted by atomic mass is 35.5. The first-order chi connectivity index (χ1) is 8.44. The van der Waals surface area contributed by atoms with Gasteiger partial charge in [-0.3, -0.25) is 4.90 Å². The van der Waals surface area contributed by atoms with Crippen molar-refractivity contribution in [3.8, 4) is 0 Å². The third-order valence-corrected chi connectivity index (χ3v) is 4.44. The molecule has 0 radical (unpaired) electrons. The van der Waals surface area contributed by atoms with Gasteiger partial charge in [-0.2, -0.15) is 0 Å². The second-order valence-corrected chi connectivity index (χ2v) is 6.17. The highest BCUT2D eigenvalue weighted by Crippen LogP contribution is 2.26. The van der Waals surface area contributed by atoms with E-state index in [1.165, 1.54) is 16.8 Å². The molecule has 100 valence electrons. The van der Waals surface area contributed by atoms with Gasteiger partial charge in [0.1, 0.15) is 0 Å². The first-order valence-corrected chi connectivity index (χ1v) is 7.09. The molecule has 0 atom stereocenters. The number of aryl methyl sites for hydroxylation is 1. The number of hydrogen-bond donors (Lipinski definition) is 0. The zero-order chi connectivity index (χ0) is 13.3. The zero-order valence-electron chi connectivity index (χ0n) is 11.8. The van der Waals surface area contributed by atoms with Crippen LogP contribution in [0.25, 0.3) is 0 Å². The van der Waals surface area contributed by atoms with E-state index in [2.05, 4.69) is 55.8 Å². The number of rotatable bonds is 2. The Balaban J connectivity index is 2.20. The molecule has 1 aromatic rings. The van der Waals surface area contributed by atoms with Crippen molar-refractivity contribution < 1.29 is 0 Å². The normalized spacial score (nSPS) is 20.2. The summed E-state index contributed by atoms with van der Waals surface area (Å²) in [6.45, 7) is 10.0. The molecule has 0 amide bonds. The van der Waals surface area contributed by atoms with Crippen molar-refractivity contribution in [2.45, 2.75) is 32.2 Å². The summed E-state index contributed by atoms with van der Waals surface area (Å²) in [5.74, 6) is 0.598. The molecule has 0 bridgehead atoms. The molecule has 1 fully saturated rings. The monoisotopic (exact) mass is 266 g/mol. The Bertz CT molecular complexity index is 429. The molecule has 1 aliphatic heterocycles. The van der Waals surface area contributed by atoms with Gasteiger partial charge in [0, 0.05) is 36.7 Å². The van der Waals surface area contributed by atoms with E-state index in [1.54, 1.807) is 0 Å². The van der Waals surface area contributed by atoms with Gasteiger partial charge in [-0.15, -0.1) is 11.6 Å². The topological polar surface area (TPSA) is 6.48 Å². The summed E-state index contributed by atoms with van der Waals surface area (Å²) in [5, 5.41) is 0. The smallest absolute Gasteiger partial charge is 0.0476 e. The molecule has 0 N–H and O–H groups in total. The maximum Gasteiger partial charge on any atom is 0.0476 e. The summed E-state index contributed by atoms with van der Waals surface area (Å²) in [6, 6.07) is 6.62. The van der Waals surface area contributed by atoms with Crippen LogP contribution in [0, 0.1) is 6.92 Å². The second-order valence-electron chi connectivity index (χ2n) is 5.90. The molecule has 2 nitrogen and oxygen atoms in total. The Morgan fingerprint density at radius 1 is 1.28 bits per heavy atom. The van der Waals surface area contributed by atoms with Gasteiger partial charge in [-0.25, -0.2) is 0 Å². The lowest BCUT2D eigenvalue weighted by atomic mass is 9.98. The number of likely N-dealkylation sites (N-methyl/N-ethyl adjacent to an activating group) is 1. The number of benzene rings is 1. The van der Waals surface area contributed by atoms with E-state index >= 15 is 0 Å². The van der Waals surface area contributed by atoms with Gasteiger partial charge in [0.25, 0.3) is 0 Å². The Labute approximate surface area is 116 Å². The average Bonchev–Trinajstić information content (AvgIpc) is 2.32. The average molecular weight is 267 g/mol. The third-order valence-electron chi connectivity index (χ3n) is 4.15. The van der Waals surface area contributed by atoms with Crippen molar-refractivity contribution in [3.63, 3.8) is 0 Å². The van der Waals surface area contributed by atoms with Crippen LogP contribution in [0.1, 0.15) is 25.0 Å². The Morgan fingerprint density at radius 3 is 2.56 bits per heavy atom. The summed E-state index contributed by atoms with van der Waals surface area (Å²) >= 11 is 5.91. The molecule has 1 aliphatic rings. The van der Waals surface area contributed by atoms with Crippen LogP contribution in [-0.4, -0.2) is 37.1 Å². The lowest BCUT2D eigenvalue weighted by Crippen LogP contribution is -2.57. The molecule has 3 heteroatoms. The van der Waals surface area contributed by atoms with Crippen LogP contribution in [-0.2, 0) is 5.88 Å². The molecule has 0 spiro atoms. The van der Waals surface area contributed by atoms with Crippen LogP contribution in [0.4, 0.5) is 5.69 Å². The standard InChI is InChI=1S/C15H23ClN2/c1-12-9-14(6-5-13(12)10-16)18-8-7-17(4)15(2,3)11-18/h5-6,9H,7-8,10-11H2,1-4H3. The van der Waals surface area contributed by atoms with E-state index in [0.29, 0.717) is 5.88 Å². The van der Waals surface area contributed by atoms with E-state index < -0.39 is 0 Å². The van der Waals surface area contributed by atoms with Crippen LogP contribution >= 0.6 is 11.6 Å². The molecule has 1 heterocycles. The summed E-state index contributed by atoms with van der Waals surface area (Å²) in [7, 11) is 2.21. The first-order valence-electron chi connectivity index (χ1n) is 6.56. The molecule has 1 saturated heterocycles. The Morgan fingerprint density at radius 2 is 2.00 bits per heavy atom. The quantitative estimate of drug-likeness (QED) is 0.758. The minimum Gasteiger partial charge on any atom is -0.368 e. The number of hydrogen-bond acceptors (Lipinski definition) is 2. The van der Waals surface area contributed by atoms with E-state index in [0.717, 1.165) is 19.6 Å². The van der Waals surface area contributed by atoms with Crippen molar-refractivity contribution in [1.29, 1.82) is 0 Å². The predicted octanol–water partition coefficient (Wildman–Crippen LogP) is 3.26. The van der Waals surface area contributed by atoms with Gasteiger partial charge in [0.15, 0.2) is 0 Å². The van der Waals surface area contributed by atoms with E-state index in [9.17, 15) is 0 Å². The molecule has 0 aromatic heterocycles. The SMILES string of the molecule is Cc1cc(N2CCN(C)C(C)(C)C2)ccc1CCl. The predicted molar refractivity (Wildman–Crippen MR) is 79.7 cm³/mol. The highest BCUT2D eigenvalue weighted by Gasteiger charge is 2.31. The van der Waals surface area contributed by atoms with Crippen LogP contribution in [0.5, 0.6) is 0 Å². The second kappa shape index (κ2) is 5.10. The lowest BCUT2D eigenvalue weighted by Gasteiger charge is -2.46. The van der Waals surface area contributed by atoms with Crippen LogP contribution in [0.2, 0.25) is 0 Å². The van der Waals surface area contributed by atoms with Gasteiger partial charge in [0.05, 0.1) is 0 Å². The van der Waals surface area contributed by atoms with Gasteiger partial charge in [0.2, 0.25) is 0 Å². The number of halogens is 1. The summed E-state index contributed by atoms with van der Waals surface area (Å²) in [5.41, 5.74) is 4.08. The highest BCUT2D eigenvalue weighted by molar-refractivity contribution is 6.17. The molecule has 1 aromatic carbocycles. The number of alkyl halides is 1. The van der Waals surface area contributed by atoms with Crippen molar-refractivity contribution >= 4 is 17.3 Å². The van der Waals surface area contributed by atoms with Crippen LogP contribution < -0.4 is 4.90 Å². The Hall–Kier alpha value is -0.730. The van der Waals surface area contributed by atoms with E-state index in [1.807, 2.05) is 0 Å². The van der Waals surface area contributed by atoms with Crippen LogP contribution in [0.3, 0.4) is 0 Å². The number of anilines is 1. The van der Waals surface area contributed by atoms with Gasteiger partial charge >= 0.3 is 0 Å². The minimum atomic E-state index is 0.233. The molecule has 2 rings (SSSR count). The van der Waals surface area contributed by atoms with Crippen molar-refractivity contribution in [1.82, 2.24) is 4.90 Å². The maximum atomic E-state index is 5.91. The molecular weight excluding hydrogens is 244 g/mol. The number of piperazine rings is 1. The van der Waals surface area contributed by atoms with Crippen molar-refractivity contribution in [2.75, 3.05) is 31.6 Å². The number of nitrogens with zero attached hydrogens (tertiary/aromatic N) is 2. The Kier molecular flexibility index (Phi) is 3.88. The largest absolute Gasteiger partial charge is 0.368 e. The summed E-state index contributed by atoms with van der Waals surface area (Å²) in [6.07, 6.45) is 0. The van der Waals surface area contributed by atoms with E-state index in [4.69, 9.17) is 11.6 Å². The van der Waals surface area contributed by atoms with Crippen molar-refractivity contribution in [2.24, 2.45) is 0 Å². The molecule has 0 saturated carbocycles. The van der Waals surface area contributed by atoms with Gasteiger partial charge < -0.3 is 4.90 Å². The molecule has 0 aliphatic carbocycles. The third kappa shape index (κ3) is 2.65. The fourth-order valence-electron chi connectivity index (χ4n) is 2.49. The summed E-state index contributed by atoms with van der Waals surface area (Å²) in [4.78, 5) is 4.91. The van der Waals surface area contributed by atoms with E-state index in [-0.39, 0.29) is 5.54 Å². The first kappa shape index (κ1) is 13.7. The fourth-order valence-corrected chi connectivity index (χ4v) is 2.79. The summed E-state index contributed by atoms with van der Waals surface area (Å²) < 4.78 is 0. The van der Waals surface area contributed by atoms with Crippen molar-refractivity contribution in [3.05, 3.63) is 29.3 Å². The molecule has 0 unspecified atom stereocenters.